The van der Waals surface area contributed by atoms with Crippen LogP contribution in [0.3, 0.4) is 0 Å². The van der Waals surface area contributed by atoms with E-state index < -0.39 is 0 Å². The van der Waals surface area contributed by atoms with E-state index in [1.807, 2.05) is 43.3 Å². The second kappa shape index (κ2) is 10.0. The summed E-state index contributed by atoms with van der Waals surface area (Å²) in [6.07, 6.45) is 0.768. The molecule has 1 unspecified atom stereocenters. The first-order valence-electron chi connectivity index (χ1n) is 8.88. The average Bonchev–Trinajstić information content (AvgIpc) is 3.09. The molecule has 2 aromatic rings. The second-order valence-electron chi connectivity index (χ2n) is 6.49. The highest BCUT2D eigenvalue weighted by atomic mass is 32.1. The monoisotopic (exact) mass is 371 g/mol. The van der Waals surface area contributed by atoms with E-state index in [2.05, 4.69) is 12.2 Å². The minimum absolute atomic E-state index is 0.00223. The van der Waals surface area contributed by atoms with Gasteiger partial charge in [0, 0.05) is 37.1 Å². The summed E-state index contributed by atoms with van der Waals surface area (Å²) in [5.41, 5.74) is 1.17. The lowest BCUT2D eigenvalue weighted by atomic mass is 10.0. The van der Waals surface area contributed by atoms with Crippen LogP contribution in [-0.2, 0) is 9.59 Å². The lowest BCUT2D eigenvalue weighted by molar-refractivity contribution is -0.125. The number of Topliss-reactive ketones (excluding diaryl/α,β-unsaturated/α-hetero) is 2. The summed E-state index contributed by atoms with van der Waals surface area (Å²) in [5, 5.41) is 2.87. The molecule has 2 rings (SSSR count). The van der Waals surface area contributed by atoms with Gasteiger partial charge in [0.1, 0.15) is 5.78 Å². The van der Waals surface area contributed by atoms with Crippen molar-refractivity contribution in [1.29, 1.82) is 0 Å². The van der Waals surface area contributed by atoms with E-state index in [0.717, 1.165) is 4.88 Å². The highest BCUT2D eigenvalue weighted by Gasteiger charge is 2.13. The summed E-state index contributed by atoms with van der Waals surface area (Å²) in [4.78, 5) is 37.6. The normalized spacial score (nSPS) is 11.8. The second-order valence-corrected chi connectivity index (χ2v) is 7.78. The van der Waals surface area contributed by atoms with E-state index in [9.17, 15) is 14.4 Å². The predicted molar refractivity (Wildman–Crippen MR) is 105 cm³/mol. The molecule has 4 nitrogen and oxygen atoms in total. The quantitative estimate of drug-likeness (QED) is 0.634. The highest BCUT2D eigenvalue weighted by molar-refractivity contribution is 7.14. The van der Waals surface area contributed by atoms with Crippen LogP contribution in [0.15, 0.2) is 42.5 Å². The van der Waals surface area contributed by atoms with Gasteiger partial charge in [0.25, 0.3) is 0 Å². The zero-order chi connectivity index (χ0) is 18.9. The van der Waals surface area contributed by atoms with Crippen LogP contribution in [-0.4, -0.2) is 24.0 Å². The zero-order valence-electron chi connectivity index (χ0n) is 15.3. The third-order valence-corrected chi connectivity index (χ3v) is 5.29. The Balaban J connectivity index is 1.64. The van der Waals surface area contributed by atoms with E-state index in [-0.39, 0.29) is 49.1 Å². The molecule has 0 saturated carbocycles. The van der Waals surface area contributed by atoms with Gasteiger partial charge >= 0.3 is 0 Å². The lowest BCUT2D eigenvalue weighted by Gasteiger charge is -2.12. The van der Waals surface area contributed by atoms with Gasteiger partial charge in [0.2, 0.25) is 5.91 Å². The van der Waals surface area contributed by atoms with E-state index in [0.29, 0.717) is 11.4 Å². The Kier molecular flexibility index (Phi) is 7.73. The molecule has 1 heterocycles. The SMILES string of the molecule is Cc1ccc(C(=O)CCC(=O)CCC(=O)NCC(C)c2ccccc2)s1. The Morgan fingerprint density at radius 2 is 1.65 bits per heavy atom. The molecular formula is C21H25NO3S. The molecule has 1 aromatic carbocycles. The van der Waals surface area contributed by atoms with Gasteiger partial charge < -0.3 is 5.32 Å². The number of aryl methyl sites for hydroxylation is 1. The van der Waals surface area contributed by atoms with Crippen LogP contribution in [0, 0.1) is 6.92 Å². The summed E-state index contributed by atoms with van der Waals surface area (Å²) >= 11 is 1.45. The number of ketones is 2. The first-order valence-corrected chi connectivity index (χ1v) is 9.70. The fourth-order valence-electron chi connectivity index (χ4n) is 2.59. The standard InChI is InChI=1S/C21H25NO3S/c1-15(17-6-4-3-5-7-17)14-22-21(25)13-10-18(23)9-11-19(24)20-12-8-16(2)26-20/h3-8,12,15H,9-11,13-14H2,1-2H3,(H,22,25). The molecule has 0 aliphatic carbocycles. The number of thiophene rings is 1. The number of hydrogen-bond acceptors (Lipinski definition) is 4. The molecule has 138 valence electrons. The third-order valence-electron chi connectivity index (χ3n) is 4.25. The Morgan fingerprint density at radius 1 is 0.962 bits per heavy atom. The molecule has 0 aliphatic heterocycles. The van der Waals surface area contributed by atoms with E-state index >= 15 is 0 Å². The van der Waals surface area contributed by atoms with E-state index in [4.69, 9.17) is 0 Å². The van der Waals surface area contributed by atoms with Crippen LogP contribution in [0.2, 0.25) is 0 Å². The van der Waals surface area contributed by atoms with Crippen molar-refractivity contribution in [3.63, 3.8) is 0 Å². The average molecular weight is 372 g/mol. The van der Waals surface area contributed by atoms with Crippen LogP contribution in [0.1, 0.15) is 58.6 Å². The maximum atomic E-state index is 12.0. The van der Waals surface area contributed by atoms with Crippen molar-refractivity contribution < 1.29 is 14.4 Å². The minimum Gasteiger partial charge on any atom is -0.355 e. The Labute approximate surface area is 158 Å². The largest absolute Gasteiger partial charge is 0.355 e. The number of carbonyl (C=O) groups is 3. The first kappa shape index (κ1) is 20.0. The van der Waals surface area contributed by atoms with Crippen molar-refractivity contribution in [3.8, 4) is 0 Å². The molecular weight excluding hydrogens is 346 g/mol. The third kappa shape index (κ3) is 6.56. The number of rotatable bonds is 10. The van der Waals surface area contributed by atoms with E-state index in [1.165, 1.54) is 16.9 Å². The van der Waals surface area contributed by atoms with Gasteiger partial charge in [0.15, 0.2) is 5.78 Å². The summed E-state index contributed by atoms with van der Waals surface area (Å²) in [7, 11) is 0. The maximum Gasteiger partial charge on any atom is 0.220 e. The van der Waals surface area contributed by atoms with Crippen molar-refractivity contribution in [1.82, 2.24) is 5.32 Å². The van der Waals surface area contributed by atoms with Crippen LogP contribution < -0.4 is 5.32 Å². The Morgan fingerprint density at radius 3 is 2.31 bits per heavy atom. The summed E-state index contributed by atoms with van der Waals surface area (Å²) in [6.45, 7) is 4.55. The summed E-state index contributed by atoms with van der Waals surface area (Å²) < 4.78 is 0. The van der Waals surface area contributed by atoms with Gasteiger partial charge in [-0.2, -0.15) is 0 Å². The van der Waals surface area contributed by atoms with E-state index in [1.54, 1.807) is 6.07 Å². The summed E-state index contributed by atoms with van der Waals surface area (Å²) in [5.74, 6) is 0.0551. The number of benzene rings is 1. The topological polar surface area (TPSA) is 63.2 Å². The van der Waals surface area contributed by atoms with Gasteiger partial charge in [0.05, 0.1) is 4.88 Å². The molecule has 0 fully saturated rings. The number of hydrogen-bond donors (Lipinski definition) is 1. The molecule has 1 N–H and O–H groups in total. The molecule has 0 radical (unpaired) electrons. The first-order chi connectivity index (χ1) is 12.5. The van der Waals surface area contributed by atoms with Crippen LogP contribution in [0.4, 0.5) is 0 Å². The van der Waals surface area contributed by atoms with Gasteiger partial charge in [-0.15, -0.1) is 11.3 Å². The Bertz CT molecular complexity index is 752. The molecule has 1 amide bonds. The summed E-state index contributed by atoms with van der Waals surface area (Å²) in [6, 6.07) is 13.7. The van der Waals surface area contributed by atoms with Gasteiger partial charge in [-0.1, -0.05) is 37.3 Å². The highest BCUT2D eigenvalue weighted by Crippen LogP contribution is 2.18. The molecule has 26 heavy (non-hydrogen) atoms. The van der Waals surface area contributed by atoms with Gasteiger partial charge in [-0.05, 0) is 30.5 Å². The number of amides is 1. The molecule has 0 spiro atoms. The molecule has 1 aromatic heterocycles. The van der Waals surface area contributed by atoms with Crippen molar-refractivity contribution in [2.75, 3.05) is 6.54 Å². The minimum atomic E-state index is -0.124. The number of nitrogens with one attached hydrogen (secondary N) is 1. The van der Waals surface area contributed by atoms with Crippen LogP contribution in [0.5, 0.6) is 0 Å². The van der Waals surface area contributed by atoms with Crippen molar-refractivity contribution in [2.45, 2.75) is 45.4 Å². The van der Waals surface area contributed by atoms with Gasteiger partial charge in [-0.3, -0.25) is 14.4 Å². The van der Waals surface area contributed by atoms with Crippen molar-refractivity contribution >= 4 is 28.8 Å². The predicted octanol–water partition coefficient (Wildman–Crippen LogP) is 4.29. The fraction of sp³-hybridized carbons (Fsp3) is 0.381. The lowest BCUT2D eigenvalue weighted by Crippen LogP contribution is -2.27. The molecule has 0 aliphatic rings. The smallest absolute Gasteiger partial charge is 0.220 e. The molecule has 5 heteroatoms. The van der Waals surface area contributed by atoms with Crippen LogP contribution in [0.25, 0.3) is 0 Å². The molecule has 0 saturated heterocycles. The number of carbonyl (C=O) groups excluding carboxylic acids is 3. The Hall–Kier alpha value is -2.27. The molecule has 0 bridgehead atoms. The fourth-order valence-corrected chi connectivity index (χ4v) is 3.43. The van der Waals surface area contributed by atoms with Crippen molar-refractivity contribution in [2.24, 2.45) is 0 Å². The zero-order valence-corrected chi connectivity index (χ0v) is 16.1. The van der Waals surface area contributed by atoms with Crippen LogP contribution >= 0.6 is 11.3 Å². The molecule has 1 atom stereocenters. The van der Waals surface area contributed by atoms with Gasteiger partial charge in [-0.25, -0.2) is 0 Å². The van der Waals surface area contributed by atoms with Crippen molar-refractivity contribution in [3.05, 3.63) is 57.8 Å². The maximum absolute atomic E-state index is 12.0.